The van der Waals surface area contributed by atoms with E-state index in [0.717, 1.165) is 6.26 Å². The maximum absolute atomic E-state index is 12.7. The van der Waals surface area contributed by atoms with Crippen molar-refractivity contribution in [2.24, 2.45) is 0 Å². The van der Waals surface area contributed by atoms with Gasteiger partial charge in [-0.15, -0.1) is 5.10 Å². The number of aromatic nitrogens is 4. The topological polar surface area (TPSA) is 128 Å². The first-order valence-corrected chi connectivity index (χ1v) is 10.5. The van der Waals surface area contributed by atoms with Crippen molar-refractivity contribution in [3.05, 3.63) is 58.9 Å². The van der Waals surface area contributed by atoms with E-state index in [1.165, 1.54) is 24.2 Å². The number of nitrogens with zero attached hydrogens (tertiary/aromatic N) is 4. The molecule has 0 saturated heterocycles. The van der Waals surface area contributed by atoms with E-state index in [1.54, 1.807) is 30.3 Å². The lowest BCUT2D eigenvalue weighted by atomic mass is 10.1. The van der Waals surface area contributed by atoms with Crippen LogP contribution in [0.2, 0.25) is 5.02 Å². The van der Waals surface area contributed by atoms with Crippen LogP contribution in [0.3, 0.4) is 0 Å². The second kappa shape index (κ2) is 8.45. The quantitative estimate of drug-likeness (QED) is 0.575. The summed E-state index contributed by atoms with van der Waals surface area (Å²) in [5, 5.41) is 13.9. The Balaban J connectivity index is 1.83. The number of anilines is 1. The van der Waals surface area contributed by atoms with Gasteiger partial charge in [0, 0.05) is 12.6 Å². The largest absolute Gasteiger partial charge is 0.496 e. The predicted molar refractivity (Wildman–Crippen MR) is 107 cm³/mol. The molecule has 0 atom stereocenters. The lowest BCUT2D eigenvalue weighted by molar-refractivity contribution is 0.0948. The molecule has 0 bridgehead atoms. The van der Waals surface area contributed by atoms with Gasteiger partial charge in [-0.1, -0.05) is 29.8 Å². The molecule has 0 radical (unpaired) electrons. The monoisotopic (exact) mass is 436 g/mol. The van der Waals surface area contributed by atoms with Gasteiger partial charge in [-0.2, -0.15) is 4.68 Å². The van der Waals surface area contributed by atoms with Crippen LogP contribution in [0.15, 0.2) is 42.7 Å². The van der Waals surface area contributed by atoms with Gasteiger partial charge in [0.2, 0.25) is 10.0 Å². The Bertz CT molecular complexity index is 1130. The summed E-state index contributed by atoms with van der Waals surface area (Å²) in [6.45, 7) is 0.0903. The first kappa shape index (κ1) is 20.6. The van der Waals surface area contributed by atoms with Crippen LogP contribution in [0.25, 0.3) is 5.69 Å². The number of nitrogens with one attached hydrogen (secondary N) is 2. The Morgan fingerprint density at radius 2 is 2.03 bits per heavy atom. The Morgan fingerprint density at radius 1 is 1.28 bits per heavy atom. The van der Waals surface area contributed by atoms with Gasteiger partial charge < -0.3 is 10.1 Å². The average Bonchev–Trinajstić information content (AvgIpc) is 3.20. The summed E-state index contributed by atoms with van der Waals surface area (Å²) in [5.41, 5.74) is 1.65. The lowest BCUT2D eigenvalue weighted by Gasteiger charge is -2.14. The maximum Gasteiger partial charge on any atom is 0.255 e. The van der Waals surface area contributed by atoms with Crippen LogP contribution in [0.4, 0.5) is 5.69 Å². The molecule has 1 heterocycles. The number of hydrogen-bond donors (Lipinski definition) is 2. The Kier molecular flexibility index (Phi) is 5.99. The number of carbonyl (C=O) groups excluding carboxylic acids is 1. The predicted octanol–water partition coefficient (Wildman–Crippen LogP) is 1.63. The minimum atomic E-state index is -3.45. The first-order chi connectivity index (χ1) is 13.8. The van der Waals surface area contributed by atoms with Crippen molar-refractivity contribution in [2.75, 3.05) is 18.1 Å². The second-order valence-electron chi connectivity index (χ2n) is 5.97. The minimum absolute atomic E-state index is 0.0903. The molecular weight excluding hydrogens is 420 g/mol. The van der Waals surface area contributed by atoms with Crippen molar-refractivity contribution in [1.82, 2.24) is 25.5 Å². The van der Waals surface area contributed by atoms with Crippen molar-refractivity contribution in [1.29, 1.82) is 0 Å². The third kappa shape index (κ3) is 5.00. The molecule has 0 saturated carbocycles. The van der Waals surface area contributed by atoms with Crippen LogP contribution in [0.5, 0.6) is 5.75 Å². The van der Waals surface area contributed by atoms with Gasteiger partial charge in [-0.05, 0) is 28.1 Å². The number of rotatable bonds is 7. The second-order valence-corrected chi connectivity index (χ2v) is 8.13. The zero-order chi connectivity index (χ0) is 21.0. The first-order valence-electron chi connectivity index (χ1n) is 8.23. The van der Waals surface area contributed by atoms with Crippen molar-refractivity contribution >= 4 is 33.2 Å². The SMILES string of the molecule is COc1cc(-n2cnnn2)c(Cl)cc1C(=O)NCc1ccccc1NS(C)(=O)=O. The van der Waals surface area contributed by atoms with Gasteiger partial charge in [-0.3, -0.25) is 9.52 Å². The molecule has 0 spiro atoms. The fraction of sp³-hybridized carbons (Fsp3) is 0.176. The van der Waals surface area contributed by atoms with E-state index in [2.05, 4.69) is 25.6 Å². The fourth-order valence-electron chi connectivity index (χ4n) is 2.58. The number of methoxy groups -OCH3 is 1. The smallest absolute Gasteiger partial charge is 0.255 e. The van der Waals surface area contributed by atoms with Crippen LogP contribution in [-0.2, 0) is 16.6 Å². The van der Waals surface area contributed by atoms with E-state index in [1.807, 2.05) is 0 Å². The highest BCUT2D eigenvalue weighted by molar-refractivity contribution is 7.92. The highest BCUT2D eigenvalue weighted by Crippen LogP contribution is 2.29. The van der Waals surface area contributed by atoms with Gasteiger partial charge in [0.1, 0.15) is 12.1 Å². The summed E-state index contributed by atoms with van der Waals surface area (Å²) in [4.78, 5) is 12.7. The molecule has 12 heteroatoms. The van der Waals surface area contributed by atoms with E-state index < -0.39 is 15.9 Å². The van der Waals surface area contributed by atoms with Crippen LogP contribution < -0.4 is 14.8 Å². The van der Waals surface area contributed by atoms with E-state index in [4.69, 9.17) is 16.3 Å². The van der Waals surface area contributed by atoms with E-state index in [0.29, 0.717) is 16.9 Å². The summed E-state index contributed by atoms with van der Waals surface area (Å²) in [7, 11) is -2.03. The maximum atomic E-state index is 12.7. The van der Waals surface area contributed by atoms with Crippen molar-refractivity contribution in [3.8, 4) is 11.4 Å². The number of benzene rings is 2. The number of sulfonamides is 1. The Labute approximate surface area is 171 Å². The summed E-state index contributed by atoms with van der Waals surface area (Å²) in [5.74, 6) is -0.166. The number of amides is 1. The molecule has 10 nitrogen and oxygen atoms in total. The molecule has 2 N–H and O–H groups in total. The zero-order valence-electron chi connectivity index (χ0n) is 15.5. The van der Waals surface area contributed by atoms with Gasteiger partial charge in [0.05, 0.1) is 35.3 Å². The van der Waals surface area contributed by atoms with E-state index in [-0.39, 0.29) is 22.9 Å². The summed E-state index contributed by atoms with van der Waals surface area (Å²) in [6.07, 6.45) is 2.42. The van der Waals surface area contributed by atoms with E-state index >= 15 is 0 Å². The number of halogens is 1. The van der Waals surface area contributed by atoms with Gasteiger partial charge in [-0.25, -0.2) is 8.42 Å². The van der Waals surface area contributed by atoms with Crippen molar-refractivity contribution < 1.29 is 17.9 Å². The number of carbonyl (C=O) groups is 1. The highest BCUT2D eigenvalue weighted by atomic mass is 35.5. The standard InChI is InChI=1S/C17H17ClN6O4S/c1-28-16-8-15(24-10-20-22-23-24)13(18)7-12(16)17(25)19-9-11-5-3-4-6-14(11)21-29(2,26)27/h3-8,10,21H,9H2,1-2H3,(H,19,25). The van der Waals surface area contributed by atoms with Crippen LogP contribution in [-0.4, -0.2) is 47.9 Å². The van der Waals surface area contributed by atoms with Crippen molar-refractivity contribution in [3.63, 3.8) is 0 Å². The molecule has 0 aliphatic carbocycles. The van der Waals surface area contributed by atoms with Crippen LogP contribution in [0.1, 0.15) is 15.9 Å². The molecule has 0 unspecified atom stereocenters. The fourth-order valence-corrected chi connectivity index (χ4v) is 3.43. The highest BCUT2D eigenvalue weighted by Gasteiger charge is 2.18. The number of ether oxygens (including phenoxy) is 1. The number of tetrazole rings is 1. The van der Waals surface area contributed by atoms with Gasteiger partial charge in [0.25, 0.3) is 5.91 Å². The third-order valence-electron chi connectivity index (χ3n) is 3.86. The Hall–Kier alpha value is -3.18. The molecule has 3 rings (SSSR count). The minimum Gasteiger partial charge on any atom is -0.496 e. The Morgan fingerprint density at radius 3 is 2.69 bits per heavy atom. The normalized spacial score (nSPS) is 11.1. The summed E-state index contributed by atoms with van der Waals surface area (Å²) >= 11 is 6.28. The average molecular weight is 437 g/mol. The summed E-state index contributed by atoms with van der Waals surface area (Å²) < 4.78 is 32.1. The van der Waals surface area contributed by atoms with Crippen LogP contribution in [0, 0.1) is 0 Å². The zero-order valence-corrected chi connectivity index (χ0v) is 17.0. The van der Waals surface area contributed by atoms with Gasteiger partial charge >= 0.3 is 0 Å². The molecule has 2 aromatic carbocycles. The van der Waals surface area contributed by atoms with Crippen LogP contribution >= 0.6 is 11.6 Å². The number of para-hydroxylation sites is 1. The molecule has 0 fully saturated rings. The molecular formula is C17H17ClN6O4S. The lowest BCUT2D eigenvalue weighted by Crippen LogP contribution is -2.24. The third-order valence-corrected chi connectivity index (χ3v) is 4.75. The molecule has 0 aliphatic heterocycles. The molecule has 1 amide bonds. The molecule has 3 aromatic rings. The summed E-state index contributed by atoms with van der Waals surface area (Å²) in [6, 6.07) is 9.76. The molecule has 152 valence electrons. The number of hydrogen-bond acceptors (Lipinski definition) is 7. The molecule has 0 aliphatic rings. The molecule has 1 aromatic heterocycles. The van der Waals surface area contributed by atoms with Crippen molar-refractivity contribution in [2.45, 2.75) is 6.54 Å². The van der Waals surface area contributed by atoms with Gasteiger partial charge in [0.15, 0.2) is 0 Å². The van der Waals surface area contributed by atoms with E-state index in [9.17, 15) is 13.2 Å². The molecule has 29 heavy (non-hydrogen) atoms.